The zero-order valence-electron chi connectivity index (χ0n) is 25.4. The summed E-state index contributed by atoms with van der Waals surface area (Å²) in [7, 11) is 0. The molecule has 0 saturated heterocycles. The van der Waals surface area contributed by atoms with Crippen LogP contribution in [0.4, 0.5) is 0 Å². The Morgan fingerprint density at radius 3 is 1.51 bits per heavy atom. The maximum absolute atomic E-state index is 10.9. The summed E-state index contributed by atoms with van der Waals surface area (Å²) in [6.07, 6.45) is 5.45. The van der Waals surface area contributed by atoms with E-state index < -0.39 is 11.9 Å². The summed E-state index contributed by atoms with van der Waals surface area (Å²) in [6.45, 7) is 8.80. The lowest BCUT2D eigenvalue weighted by Crippen LogP contribution is -2.15. The van der Waals surface area contributed by atoms with Crippen molar-refractivity contribution in [3.8, 4) is 11.5 Å². The smallest absolute Gasteiger partial charge is 0.335 e. The second-order valence-corrected chi connectivity index (χ2v) is 10.8. The fraction of sp³-hybridized carbons (Fsp3) is 0.429. The molecule has 0 saturated carbocycles. The van der Waals surface area contributed by atoms with E-state index in [2.05, 4.69) is 39.0 Å². The number of carboxylic acid groups (broad SMARTS) is 2. The number of benzene rings is 3. The van der Waals surface area contributed by atoms with Crippen molar-refractivity contribution in [2.75, 3.05) is 26.4 Å². The molecule has 2 N–H and O–H groups in total. The van der Waals surface area contributed by atoms with E-state index >= 15 is 0 Å². The molecule has 3 rings (SSSR count). The molecular weight excluding hydrogens is 548 g/mol. The number of carbonyl (C=O) groups is 2. The van der Waals surface area contributed by atoms with Crippen molar-refractivity contribution in [1.82, 2.24) is 0 Å². The van der Waals surface area contributed by atoms with Crippen molar-refractivity contribution in [2.45, 2.75) is 71.5 Å². The summed E-state index contributed by atoms with van der Waals surface area (Å²) >= 11 is 0. The quantitative estimate of drug-likeness (QED) is 0.135. The minimum Gasteiger partial charge on any atom is -0.494 e. The third-order valence-corrected chi connectivity index (χ3v) is 7.06. The number of hydrogen-bond donors (Lipinski definition) is 2. The first-order chi connectivity index (χ1) is 20.7. The molecule has 3 aromatic rings. The predicted molar refractivity (Wildman–Crippen MR) is 166 cm³/mol. The average molecular weight is 593 g/mol. The predicted octanol–water partition coefficient (Wildman–Crippen LogP) is 7.01. The molecule has 2 unspecified atom stereocenters. The van der Waals surface area contributed by atoms with E-state index in [0.717, 1.165) is 38.5 Å². The highest BCUT2D eigenvalue weighted by Gasteiger charge is 2.10. The van der Waals surface area contributed by atoms with Crippen LogP contribution in [0.1, 0.15) is 76.9 Å². The van der Waals surface area contributed by atoms with Crippen LogP contribution in [0.25, 0.3) is 0 Å². The number of aryl methyl sites for hydroxylation is 1. The van der Waals surface area contributed by atoms with Gasteiger partial charge in [0.1, 0.15) is 11.5 Å². The Bertz CT molecular complexity index is 1270. The first-order valence-electron chi connectivity index (χ1n) is 14.9. The van der Waals surface area contributed by atoms with Gasteiger partial charge in [0.2, 0.25) is 0 Å². The fourth-order valence-electron chi connectivity index (χ4n) is 4.62. The van der Waals surface area contributed by atoms with Gasteiger partial charge in [0.25, 0.3) is 0 Å². The van der Waals surface area contributed by atoms with Gasteiger partial charge in [0.15, 0.2) is 0 Å². The zero-order chi connectivity index (χ0) is 31.0. The van der Waals surface area contributed by atoms with Gasteiger partial charge in [0, 0.05) is 13.2 Å². The van der Waals surface area contributed by atoms with Crippen molar-refractivity contribution in [2.24, 2.45) is 0 Å². The van der Waals surface area contributed by atoms with Crippen molar-refractivity contribution in [3.05, 3.63) is 94.5 Å². The molecule has 0 amide bonds. The normalized spacial score (nSPS) is 12.4. The third kappa shape index (κ3) is 12.5. The van der Waals surface area contributed by atoms with Gasteiger partial charge in [0.05, 0.1) is 36.5 Å². The summed E-state index contributed by atoms with van der Waals surface area (Å²) in [5, 5.41) is 17.9. The van der Waals surface area contributed by atoms with Crippen LogP contribution in [0.2, 0.25) is 0 Å². The number of hydrogen-bond acceptors (Lipinski definition) is 6. The number of unbranched alkanes of at least 4 members (excludes halogenated alkanes) is 2. The van der Waals surface area contributed by atoms with Gasteiger partial charge in [-0.1, -0.05) is 18.2 Å². The van der Waals surface area contributed by atoms with Gasteiger partial charge in [-0.25, -0.2) is 9.59 Å². The minimum atomic E-state index is -0.944. The molecule has 0 fully saturated rings. The van der Waals surface area contributed by atoms with Crippen molar-refractivity contribution in [1.29, 1.82) is 0 Å². The Morgan fingerprint density at radius 2 is 1.07 bits per heavy atom. The summed E-state index contributed by atoms with van der Waals surface area (Å²) < 4.78 is 23.4. The topological polar surface area (TPSA) is 112 Å². The van der Waals surface area contributed by atoms with E-state index in [4.69, 9.17) is 29.2 Å². The molecule has 0 bridgehead atoms. The Balaban J connectivity index is 1.25. The maximum Gasteiger partial charge on any atom is 0.335 e. The first-order valence-corrected chi connectivity index (χ1v) is 14.9. The molecule has 8 nitrogen and oxygen atoms in total. The summed E-state index contributed by atoms with van der Waals surface area (Å²) in [4.78, 5) is 21.8. The lowest BCUT2D eigenvalue weighted by Gasteiger charge is -2.17. The highest BCUT2D eigenvalue weighted by Crippen LogP contribution is 2.18. The number of rotatable bonds is 20. The van der Waals surface area contributed by atoms with Crippen LogP contribution in [0.15, 0.2) is 66.7 Å². The molecule has 0 radical (unpaired) electrons. The van der Waals surface area contributed by atoms with E-state index in [1.165, 1.54) is 16.7 Å². The summed E-state index contributed by atoms with van der Waals surface area (Å²) in [6, 6.07) is 19.5. The van der Waals surface area contributed by atoms with Crippen LogP contribution in [0, 0.1) is 6.92 Å². The van der Waals surface area contributed by atoms with E-state index in [9.17, 15) is 9.59 Å². The SMILES string of the molecule is Cc1cc(CC(C)OCCCCOc2ccc(C(=O)O)cc2)ccc1CC(C)OCCCCOc1ccc(C(=O)O)cc1. The Morgan fingerprint density at radius 1 is 0.628 bits per heavy atom. The van der Waals surface area contributed by atoms with Crippen LogP contribution in [0.5, 0.6) is 11.5 Å². The molecule has 3 aromatic carbocycles. The number of carboxylic acids is 2. The van der Waals surface area contributed by atoms with Gasteiger partial charge in [-0.15, -0.1) is 0 Å². The Labute approximate surface area is 254 Å². The van der Waals surface area contributed by atoms with Gasteiger partial charge < -0.3 is 29.2 Å². The Kier molecular flexibility index (Phi) is 14.0. The van der Waals surface area contributed by atoms with Crippen LogP contribution < -0.4 is 9.47 Å². The Hall–Kier alpha value is -3.88. The first kappa shape index (κ1) is 33.6. The molecule has 0 aromatic heterocycles. The van der Waals surface area contributed by atoms with Crippen LogP contribution >= 0.6 is 0 Å². The minimum absolute atomic E-state index is 0.115. The molecule has 2 atom stereocenters. The zero-order valence-corrected chi connectivity index (χ0v) is 25.4. The molecule has 0 aliphatic carbocycles. The second-order valence-electron chi connectivity index (χ2n) is 10.8. The average Bonchev–Trinajstić information content (AvgIpc) is 2.98. The fourth-order valence-corrected chi connectivity index (χ4v) is 4.62. The lowest BCUT2D eigenvalue weighted by atomic mass is 9.98. The third-order valence-electron chi connectivity index (χ3n) is 7.06. The standard InChI is InChI=1S/C35H44O8/c1-25-22-28(23-26(2)40-18-4-6-20-42-32-14-10-29(11-15-32)34(36)37)8-9-31(25)24-27(3)41-19-5-7-21-43-33-16-12-30(13-17-33)35(38)39/h8-17,22,26-27H,4-7,18-21,23-24H2,1-3H3,(H,36,37)(H,38,39). The van der Waals surface area contributed by atoms with Gasteiger partial charge in [-0.05, 0) is 125 Å². The summed E-state index contributed by atoms with van der Waals surface area (Å²) in [5.41, 5.74) is 4.30. The van der Waals surface area contributed by atoms with Gasteiger partial charge in [-0.3, -0.25) is 0 Å². The second kappa shape index (κ2) is 17.9. The molecular formula is C35H44O8. The van der Waals surface area contributed by atoms with Crippen LogP contribution in [-0.2, 0) is 22.3 Å². The van der Waals surface area contributed by atoms with Crippen molar-refractivity contribution in [3.63, 3.8) is 0 Å². The van der Waals surface area contributed by atoms with Crippen molar-refractivity contribution < 1.29 is 38.7 Å². The van der Waals surface area contributed by atoms with Crippen molar-refractivity contribution >= 4 is 11.9 Å². The lowest BCUT2D eigenvalue weighted by molar-refractivity contribution is 0.0611. The monoisotopic (exact) mass is 592 g/mol. The number of aromatic carboxylic acids is 2. The molecule has 0 aliphatic heterocycles. The van der Waals surface area contributed by atoms with E-state index in [0.29, 0.717) is 37.9 Å². The van der Waals surface area contributed by atoms with E-state index in [1.807, 2.05) is 0 Å². The van der Waals surface area contributed by atoms with Gasteiger partial charge in [-0.2, -0.15) is 0 Å². The highest BCUT2D eigenvalue weighted by molar-refractivity contribution is 5.88. The largest absolute Gasteiger partial charge is 0.494 e. The molecule has 0 spiro atoms. The maximum atomic E-state index is 10.9. The molecule has 43 heavy (non-hydrogen) atoms. The highest BCUT2D eigenvalue weighted by atomic mass is 16.5. The molecule has 232 valence electrons. The number of ether oxygens (including phenoxy) is 4. The van der Waals surface area contributed by atoms with Gasteiger partial charge >= 0.3 is 11.9 Å². The van der Waals surface area contributed by atoms with E-state index in [-0.39, 0.29) is 23.3 Å². The summed E-state index contributed by atoms with van der Waals surface area (Å²) in [5.74, 6) is -0.545. The molecule has 8 heteroatoms. The van der Waals surface area contributed by atoms with E-state index in [1.54, 1.807) is 48.5 Å². The van der Waals surface area contributed by atoms with Crippen LogP contribution in [-0.4, -0.2) is 60.8 Å². The van der Waals surface area contributed by atoms with Crippen LogP contribution in [0.3, 0.4) is 0 Å². The molecule has 0 heterocycles. The molecule has 0 aliphatic rings.